The van der Waals surface area contributed by atoms with Gasteiger partial charge in [0.2, 0.25) is 0 Å². The molecule has 2 aliphatic rings. The Morgan fingerprint density at radius 2 is 2.33 bits per heavy atom. The minimum absolute atomic E-state index is 0.250. The first-order valence-corrected chi connectivity index (χ1v) is 4.83. The molecule has 3 heteroatoms. The van der Waals surface area contributed by atoms with E-state index in [4.69, 9.17) is 9.47 Å². The van der Waals surface area contributed by atoms with Crippen LogP contribution >= 0.6 is 0 Å². The highest BCUT2D eigenvalue weighted by atomic mass is 16.5. The van der Waals surface area contributed by atoms with Crippen LogP contribution in [0.4, 0.5) is 0 Å². The molecule has 0 aromatic heterocycles. The van der Waals surface area contributed by atoms with Gasteiger partial charge in [-0.2, -0.15) is 0 Å². The summed E-state index contributed by atoms with van der Waals surface area (Å²) < 4.78 is 11.1. The maximum atomic E-state index is 5.71. The summed E-state index contributed by atoms with van der Waals surface area (Å²) in [6, 6.07) is 0. The van der Waals surface area contributed by atoms with Gasteiger partial charge in [0.25, 0.3) is 0 Å². The fourth-order valence-electron chi connectivity index (χ4n) is 1.91. The zero-order valence-corrected chi connectivity index (χ0v) is 7.58. The van der Waals surface area contributed by atoms with E-state index in [-0.39, 0.29) is 6.23 Å². The molecule has 2 heterocycles. The van der Waals surface area contributed by atoms with Crippen LogP contribution in [-0.2, 0) is 9.47 Å². The maximum Gasteiger partial charge on any atom is 0.113 e. The number of rotatable bonds is 1. The SMILES string of the molecule is CC1CNC(C2CCCOC2)O1. The van der Waals surface area contributed by atoms with Crippen LogP contribution in [0, 0.1) is 5.92 Å². The Labute approximate surface area is 73.4 Å². The van der Waals surface area contributed by atoms with Gasteiger partial charge in [-0.25, -0.2) is 0 Å². The topological polar surface area (TPSA) is 30.5 Å². The van der Waals surface area contributed by atoms with Gasteiger partial charge in [-0.3, -0.25) is 5.32 Å². The van der Waals surface area contributed by atoms with Crippen LogP contribution in [0.25, 0.3) is 0 Å². The Hall–Kier alpha value is -0.120. The summed E-state index contributed by atoms with van der Waals surface area (Å²) in [6.45, 7) is 4.89. The molecule has 2 fully saturated rings. The summed E-state index contributed by atoms with van der Waals surface area (Å²) in [5.74, 6) is 0.573. The molecule has 0 aliphatic carbocycles. The van der Waals surface area contributed by atoms with E-state index in [0.717, 1.165) is 19.8 Å². The van der Waals surface area contributed by atoms with E-state index in [1.807, 2.05) is 0 Å². The van der Waals surface area contributed by atoms with Crippen molar-refractivity contribution in [1.82, 2.24) is 5.32 Å². The van der Waals surface area contributed by atoms with Gasteiger partial charge in [-0.15, -0.1) is 0 Å². The van der Waals surface area contributed by atoms with Crippen molar-refractivity contribution in [3.63, 3.8) is 0 Å². The highest BCUT2D eigenvalue weighted by Crippen LogP contribution is 2.21. The van der Waals surface area contributed by atoms with Crippen LogP contribution in [0.5, 0.6) is 0 Å². The van der Waals surface area contributed by atoms with Crippen molar-refractivity contribution in [3.05, 3.63) is 0 Å². The van der Waals surface area contributed by atoms with Crippen LogP contribution in [0.3, 0.4) is 0 Å². The van der Waals surface area contributed by atoms with E-state index in [2.05, 4.69) is 12.2 Å². The number of ether oxygens (including phenoxy) is 2. The molecule has 0 aromatic carbocycles. The average molecular weight is 171 g/mol. The van der Waals surface area contributed by atoms with Crippen molar-refractivity contribution in [2.45, 2.75) is 32.1 Å². The van der Waals surface area contributed by atoms with Gasteiger partial charge < -0.3 is 9.47 Å². The van der Waals surface area contributed by atoms with Crippen LogP contribution < -0.4 is 5.32 Å². The van der Waals surface area contributed by atoms with Gasteiger partial charge in [0.1, 0.15) is 6.23 Å². The summed E-state index contributed by atoms with van der Waals surface area (Å²) in [4.78, 5) is 0. The maximum absolute atomic E-state index is 5.71. The van der Waals surface area contributed by atoms with Crippen molar-refractivity contribution in [2.75, 3.05) is 19.8 Å². The largest absolute Gasteiger partial charge is 0.381 e. The number of hydrogen-bond donors (Lipinski definition) is 1. The first-order valence-electron chi connectivity index (χ1n) is 4.83. The third-order valence-electron chi connectivity index (χ3n) is 2.61. The minimum Gasteiger partial charge on any atom is -0.381 e. The summed E-state index contributed by atoms with van der Waals surface area (Å²) in [7, 11) is 0. The third-order valence-corrected chi connectivity index (χ3v) is 2.61. The number of hydrogen-bond acceptors (Lipinski definition) is 3. The molecule has 3 unspecified atom stereocenters. The normalized spacial score (nSPS) is 43.2. The molecular weight excluding hydrogens is 154 g/mol. The van der Waals surface area contributed by atoms with Crippen molar-refractivity contribution in [3.8, 4) is 0 Å². The van der Waals surface area contributed by atoms with Gasteiger partial charge >= 0.3 is 0 Å². The Bertz CT molecular complexity index is 143. The fourth-order valence-corrected chi connectivity index (χ4v) is 1.91. The smallest absolute Gasteiger partial charge is 0.113 e. The molecule has 0 aromatic rings. The Kier molecular flexibility index (Phi) is 2.63. The molecule has 0 bridgehead atoms. The molecule has 0 spiro atoms. The molecule has 0 saturated carbocycles. The summed E-state index contributed by atoms with van der Waals surface area (Å²) >= 11 is 0. The molecule has 3 nitrogen and oxygen atoms in total. The van der Waals surface area contributed by atoms with Crippen molar-refractivity contribution in [2.24, 2.45) is 5.92 Å². The summed E-state index contributed by atoms with van der Waals surface area (Å²) in [5.41, 5.74) is 0. The van der Waals surface area contributed by atoms with Gasteiger partial charge in [-0.05, 0) is 19.8 Å². The van der Waals surface area contributed by atoms with E-state index >= 15 is 0 Å². The lowest BCUT2D eigenvalue weighted by Crippen LogP contribution is -2.36. The van der Waals surface area contributed by atoms with Gasteiger partial charge in [0, 0.05) is 19.1 Å². The monoisotopic (exact) mass is 171 g/mol. The average Bonchev–Trinajstić information content (AvgIpc) is 2.54. The van der Waals surface area contributed by atoms with Crippen molar-refractivity contribution in [1.29, 1.82) is 0 Å². The molecule has 3 atom stereocenters. The highest BCUT2D eigenvalue weighted by Gasteiger charge is 2.30. The van der Waals surface area contributed by atoms with Gasteiger partial charge in [0.15, 0.2) is 0 Å². The molecular formula is C9H17NO2. The van der Waals surface area contributed by atoms with E-state index < -0.39 is 0 Å². The van der Waals surface area contributed by atoms with E-state index in [1.165, 1.54) is 12.8 Å². The van der Waals surface area contributed by atoms with Crippen LogP contribution in [0.1, 0.15) is 19.8 Å². The fraction of sp³-hybridized carbons (Fsp3) is 1.00. The zero-order valence-electron chi connectivity index (χ0n) is 7.58. The Balaban J connectivity index is 1.83. The molecule has 0 amide bonds. The lowest BCUT2D eigenvalue weighted by atomic mass is 10.0. The summed E-state index contributed by atoms with van der Waals surface area (Å²) in [6.07, 6.45) is 3.04. The predicted octanol–water partition coefficient (Wildman–Crippen LogP) is 0.747. The highest BCUT2D eigenvalue weighted by molar-refractivity contribution is 4.78. The zero-order chi connectivity index (χ0) is 8.39. The van der Waals surface area contributed by atoms with E-state index in [1.54, 1.807) is 0 Å². The van der Waals surface area contributed by atoms with Crippen molar-refractivity contribution < 1.29 is 9.47 Å². The summed E-state index contributed by atoms with van der Waals surface area (Å²) in [5, 5.41) is 3.37. The minimum atomic E-state index is 0.250. The second-order valence-electron chi connectivity index (χ2n) is 3.75. The second-order valence-corrected chi connectivity index (χ2v) is 3.75. The van der Waals surface area contributed by atoms with Crippen LogP contribution in [0.2, 0.25) is 0 Å². The molecule has 2 rings (SSSR count). The Morgan fingerprint density at radius 1 is 1.42 bits per heavy atom. The lowest BCUT2D eigenvalue weighted by Gasteiger charge is -2.26. The van der Waals surface area contributed by atoms with Gasteiger partial charge in [-0.1, -0.05) is 0 Å². The van der Waals surface area contributed by atoms with Crippen LogP contribution in [-0.4, -0.2) is 32.1 Å². The molecule has 2 saturated heterocycles. The van der Waals surface area contributed by atoms with Crippen LogP contribution in [0.15, 0.2) is 0 Å². The molecule has 0 radical (unpaired) electrons. The second kappa shape index (κ2) is 3.73. The van der Waals surface area contributed by atoms with E-state index in [9.17, 15) is 0 Å². The molecule has 1 N–H and O–H groups in total. The molecule has 2 aliphatic heterocycles. The van der Waals surface area contributed by atoms with Gasteiger partial charge in [0.05, 0.1) is 12.7 Å². The molecule has 12 heavy (non-hydrogen) atoms. The number of nitrogens with one attached hydrogen (secondary N) is 1. The molecule has 70 valence electrons. The quantitative estimate of drug-likeness (QED) is 0.631. The lowest BCUT2D eigenvalue weighted by molar-refractivity contribution is -0.0452. The van der Waals surface area contributed by atoms with Crippen molar-refractivity contribution >= 4 is 0 Å². The third kappa shape index (κ3) is 1.79. The standard InChI is InChI=1S/C9H17NO2/c1-7-5-10-9(12-7)8-3-2-4-11-6-8/h7-10H,2-6H2,1H3. The predicted molar refractivity (Wildman–Crippen MR) is 45.9 cm³/mol. The Morgan fingerprint density at radius 3 is 2.92 bits per heavy atom. The first kappa shape index (κ1) is 8.48. The van der Waals surface area contributed by atoms with E-state index in [0.29, 0.717) is 12.0 Å². The first-order chi connectivity index (χ1) is 5.86.